The summed E-state index contributed by atoms with van der Waals surface area (Å²) in [4.78, 5) is 4.22. The van der Waals surface area contributed by atoms with Crippen LogP contribution in [0.5, 0.6) is 0 Å². The standard InChI is InChI=1S/C15H28N4O.HI/c1-5-6-7-9-15(2,3)12-18-14(16-4)17-11-13-8-10-20-19-13;/h8,10H,5-7,9,11-12H2,1-4H3,(H2,16,17,18);1H. The van der Waals surface area contributed by atoms with Gasteiger partial charge in [-0.25, -0.2) is 0 Å². The van der Waals surface area contributed by atoms with Crippen LogP contribution in [0, 0.1) is 5.41 Å². The van der Waals surface area contributed by atoms with Crippen LogP contribution in [0.15, 0.2) is 21.8 Å². The number of nitrogens with one attached hydrogen (secondary N) is 2. The van der Waals surface area contributed by atoms with Crippen molar-refractivity contribution in [2.24, 2.45) is 10.4 Å². The third-order valence-corrected chi connectivity index (χ3v) is 3.34. The van der Waals surface area contributed by atoms with Crippen LogP contribution in [0.3, 0.4) is 0 Å². The number of halogens is 1. The first-order valence-corrected chi connectivity index (χ1v) is 7.41. The smallest absolute Gasteiger partial charge is 0.191 e. The fourth-order valence-electron chi connectivity index (χ4n) is 1.99. The topological polar surface area (TPSA) is 62.5 Å². The molecule has 0 amide bonds. The van der Waals surface area contributed by atoms with Crippen LogP contribution in [-0.4, -0.2) is 24.7 Å². The molecule has 0 aliphatic heterocycles. The Morgan fingerprint density at radius 3 is 2.67 bits per heavy atom. The molecule has 2 N–H and O–H groups in total. The van der Waals surface area contributed by atoms with Gasteiger partial charge in [0.2, 0.25) is 0 Å². The molecule has 0 saturated heterocycles. The van der Waals surface area contributed by atoms with Gasteiger partial charge < -0.3 is 15.2 Å². The van der Waals surface area contributed by atoms with Gasteiger partial charge in [-0.2, -0.15) is 0 Å². The molecule has 0 saturated carbocycles. The van der Waals surface area contributed by atoms with Crippen molar-refractivity contribution in [2.45, 2.75) is 53.0 Å². The van der Waals surface area contributed by atoms with E-state index in [2.05, 4.69) is 41.6 Å². The van der Waals surface area contributed by atoms with Crippen molar-refractivity contribution in [3.63, 3.8) is 0 Å². The molecule has 0 aliphatic rings. The lowest BCUT2D eigenvalue weighted by atomic mass is 9.87. The Kier molecular flexibility index (Phi) is 10.5. The fraction of sp³-hybridized carbons (Fsp3) is 0.733. The summed E-state index contributed by atoms with van der Waals surface area (Å²) in [6.45, 7) is 8.35. The molecule has 0 unspecified atom stereocenters. The Labute approximate surface area is 145 Å². The molecule has 1 aromatic heterocycles. The molecule has 21 heavy (non-hydrogen) atoms. The summed E-state index contributed by atoms with van der Waals surface area (Å²) < 4.78 is 4.80. The Hall–Kier alpha value is -0.790. The predicted octanol–water partition coefficient (Wildman–Crippen LogP) is 3.56. The van der Waals surface area contributed by atoms with Gasteiger partial charge in [-0.1, -0.05) is 45.2 Å². The number of nitrogens with zero attached hydrogens (tertiary/aromatic N) is 2. The van der Waals surface area contributed by atoms with Crippen molar-refractivity contribution in [3.05, 3.63) is 18.0 Å². The second-order valence-electron chi connectivity index (χ2n) is 5.89. The van der Waals surface area contributed by atoms with Crippen LogP contribution in [0.4, 0.5) is 0 Å². The second-order valence-corrected chi connectivity index (χ2v) is 5.89. The zero-order chi connectivity index (χ0) is 14.8. The highest BCUT2D eigenvalue weighted by molar-refractivity contribution is 14.0. The molecule has 1 aromatic rings. The molecule has 1 heterocycles. The Morgan fingerprint density at radius 1 is 1.33 bits per heavy atom. The van der Waals surface area contributed by atoms with Gasteiger partial charge in [0.05, 0.1) is 6.54 Å². The molecule has 0 atom stereocenters. The highest BCUT2D eigenvalue weighted by atomic mass is 127. The van der Waals surface area contributed by atoms with E-state index in [1.165, 1.54) is 25.7 Å². The molecule has 122 valence electrons. The third kappa shape index (κ3) is 8.95. The minimum atomic E-state index is 0. The monoisotopic (exact) mass is 408 g/mol. The van der Waals surface area contributed by atoms with Gasteiger partial charge in [0.25, 0.3) is 0 Å². The lowest BCUT2D eigenvalue weighted by Gasteiger charge is -2.26. The number of hydrogen-bond donors (Lipinski definition) is 2. The number of guanidine groups is 1. The highest BCUT2D eigenvalue weighted by Crippen LogP contribution is 2.22. The van der Waals surface area contributed by atoms with Gasteiger partial charge >= 0.3 is 0 Å². The Morgan fingerprint density at radius 2 is 2.10 bits per heavy atom. The van der Waals surface area contributed by atoms with Crippen molar-refractivity contribution in [2.75, 3.05) is 13.6 Å². The van der Waals surface area contributed by atoms with Crippen molar-refractivity contribution in [3.8, 4) is 0 Å². The van der Waals surface area contributed by atoms with E-state index in [4.69, 9.17) is 4.52 Å². The first-order valence-electron chi connectivity index (χ1n) is 7.41. The van der Waals surface area contributed by atoms with E-state index in [1.54, 1.807) is 13.3 Å². The maximum Gasteiger partial charge on any atom is 0.191 e. The minimum Gasteiger partial charge on any atom is -0.364 e. The molecule has 0 aromatic carbocycles. The van der Waals surface area contributed by atoms with E-state index in [0.29, 0.717) is 6.54 Å². The molecule has 0 bridgehead atoms. The molecule has 0 radical (unpaired) electrons. The first-order chi connectivity index (χ1) is 9.57. The van der Waals surface area contributed by atoms with Crippen LogP contribution in [0.1, 0.15) is 52.1 Å². The number of rotatable bonds is 8. The van der Waals surface area contributed by atoms with Crippen molar-refractivity contribution >= 4 is 29.9 Å². The lowest BCUT2D eigenvalue weighted by molar-refractivity contribution is 0.318. The molecule has 5 nitrogen and oxygen atoms in total. The van der Waals surface area contributed by atoms with Gasteiger partial charge in [-0.15, -0.1) is 24.0 Å². The summed E-state index contributed by atoms with van der Waals surface area (Å²) >= 11 is 0. The van der Waals surface area contributed by atoms with E-state index in [-0.39, 0.29) is 29.4 Å². The summed E-state index contributed by atoms with van der Waals surface area (Å²) in [5, 5.41) is 10.5. The predicted molar refractivity (Wildman–Crippen MR) is 98.0 cm³/mol. The minimum absolute atomic E-state index is 0. The average Bonchev–Trinajstić information content (AvgIpc) is 2.92. The van der Waals surface area contributed by atoms with Crippen molar-refractivity contribution in [1.82, 2.24) is 15.8 Å². The molecule has 0 aliphatic carbocycles. The Bertz CT molecular complexity index is 390. The van der Waals surface area contributed by atoms with E-state index >= 15 is 0 Å². The number of aliphatic imine (C=N–C) groups is 1. The van der Waals surface area contributed by atoms with Gasteiger partial charge in [-0.05, 0) is 11.8 Å². The summed E-state index contributed by atoms with van der Waals surface area (Å²) in [6.07, 6.45) is 6.67. The zero-order valence-corrected chi connectivity index (χ0v) is 15.9. The maximum absolute atomic E-state index is 4.80. The fourth-order valence-corrected chi connectivity index (χ4v) is 1.99. The molecular formula is C15H29IN4O. The van der Waals surface area contributed by atoms with E-state index in [9.17, 15) is 0 Å². The molecule has 6 heteroatoms. The number of aromatic nitrogens is 1. The van der Waals surface area contributed by atoms with E-state index < -0.39 is 0 Å². The largest absolute Gasteiger partial charge is 0.364 e. The number of unbranched alkanes of at least 4 members (excludes halogenated alkanes) is 2. The van der Waals surface area contributed by atoms with Crippen LogP contribution in [0.2, 0.25) is 0 Å². The second kappa shape index (κ2) is 10.9. The zero-order valence-electron chi connectivity index (χ0n) is 13.6. The van der Waals surface area contributed by atoms with Crippen molar-refractivity contribution in [1.29, 1.82) is 0 Å². The molecular weight excluding hydrogens is 379 g/mol. The van der Waals surface area contributed by atoms with Crippen LogP contribution < -0.4 is 10.6 Å². The summed E-state index contributed by atoms with van der Waals surface area (Å²) in [6, 6.07) is 1.84. The molecule has 0 spiro atoms. The van der Waals surface area contributed by atoms with Crippen LogP contribution in [-0.2, 0) is 6.54 Å². The number of hydrogen-bond acceptors (Lipinski definition) is 3. The van der Waals surface area contributed by atoms with Gasteiger partial charge in [0.1, 0.15) is 12.0 Å². The summed E-state index contributed by atoms with van der Waals surface area (Å²) in [5.41, 5.74) is 1.15. The van der Waals surface area contributed by atoms with Crippen LogP contribution in [0.25, 0.3) is 0 Å². The highest BCUT2D eigenvalue weighted by Gasteiger charge is 2.17. The summed E-state index contributed by atoms with van der Waals surface area (Å²) in [7, 11) is 1.78. The molecule has 1 rings (SSSR count). The van der Waals surface area contributed by atoms with Crippen LogP contribution >= 0.6 is 24.0 Å². The van der Waals surface area contributed by atoms with Crippen molar-refractivity contribution < 1.29 is 4.52 Å². The maximum atomic E-state index is 4.80. The van der Waals surface area contributed by atoms with Gasteiger partial charge in [-0.3, -0.25) is 4.99 Å². The average molecular weight is 408 g/mol. The SMILES string of the molecule is CCCCCC(C)(C)CNC(=NC)NCc1ccon1.I. The quantitative estimate of drug-likeness (QED) is 0.299. The third-order valence-electron chi connectivity index (χ3n) is 3.34. The normalized spacial score (nSPS) is 11.9. The summed E-state index contributed by atoms with van der Waals surface area (Å²) in [5.74, 6) is 0.802. The lowest BCUT2D eigenvalue weighted by Crippen LogP contribution is -2.41. The molecule has 0 fully saturated rings. The van der Waals surface area contributed by atoms with Gasteiger partial charge in [0, 0.05) is 19.7 Å². The first kappa shape index (κ1) is 20.2. The van der Waals surface area contributed by atoms with E-state index in [1.807, 2.05) is 6.07 Å². The van der Waals surface area contributed by atoms with Gasteiger partial charge in [0.15, 0.2) is 5.96 Å². The van der Waals surface area contributed by atoms with E-state index in [0.717, 1.165) is 18.2 Å². The Balaban J connectivity index is 0.00000400.